The maximum absolute atomic E-state index is 8.48. The molecule has 2 nitrogen and oxygen atoms in total. The first kappa shape index (κ1) is 10.3. The number of hydrogen-bond acceptors (Lipinski definition) is 2. The predicted octanol–water partition coefficient (Wildman–Crippen LogP) is 3.07. The van der Waals surface area contributed by atoms with Gasteiger partial charge in [-0.2, -0.15) is 5.26 Å². The van der Waals surface area contributed by atoms with Gasteiger partial charge in [0.1, 0.15) is 5.75 Å². The van der Waals surface area contributed by atoms with E-state index in [1.165, 1.54) is 6.42 Å². The van der Waals surface area contributed by atoms with Crippen molar-refractivity contribution < 1.29 is 4.74 Å². The Balaban J connectivity index is 2.79. The molecule has 0 aliphatic carbocycles. The summed E-state index contributed by atoms with van der Waals surface area (Å²) in [6, 6.07) is 9.40. The number of ether oxygens (including phenoxy) is 1. The van der Waals surface area contributed by atoms with E-state index in [1.54, 1.807) is 0 Å². The minimum absolute atomic E-state index is 0.754. The van der Waals surface area contributed by atoms with Crippen LogP contribution in [0.5, 0.6) is 5.75 Å². The summed E-state index contributed by atoms with van der Waals surface area (Å²) >= 11 is 0. The fourth-order valence-corrected chi connectivity index (χ4v) is 0.987. The molecular weight excluding hydrogens is 174 g/mol. The molecule has 0 aliphatic heterocycles. The molecule has 14 heavy (non-hydrogen) atoms. The minimum atomic E-state index is 0.754. The van der Waals surface area contributed by atoms with Crippen LogP contribution in [-0.4, -0.2) is 0 Å². The molecular formula is C12H12NO. The molecule has 0 fully saturated rings. The Labute approximate surface area is 84.4 Å². The van der Waals surface area contributed by atoms with Gasteiger partial charge in [0.2, 0.25) is 0 Å². The Bertz CT molecular complexity index is 374. The van der Waals surface area contributed by atoms with E-state index in [1.807, 2.05) is 50.3 Å². The number of benzene rings is 1. The van der Waals surface area contributed by atoms with Crippen LogP contribution in [0.1, 0.15) is 19.4 Å². The fourth-order valence-electron chi connectivity index (χ4n) is 0.987. The van der Waals surface area contributed by atoms with Crippen LogP contribution >= 0.6 is 0 Å². The highest BCUT2D eigenvalue weighted by atomic mass is 16.5. The molecule has 1 aromatic carbocycles. The van der Waals surface area contributed by atoms with Crippen LogP contribution in [0.2, 0.25) is 0 Å². The lowest BCUT2D eigenvalue weighted by atomic mass is 10.1. The highest BCUT2D eigenvalue weighted by molar-refractivity contribution is 5.36. The molecule has 0 unspecified atom stereocenters. The van der Waals surface area contributed by atoms with Crippen LogP contribution < -0.4 is 4.74 Å². The van der Waals surface area contributed by atoms with Gasteiger partial charge in [-0.25, -0.2) is 0 Å². The summed E-state index contributed by atoms with van der Waals surface area (Å²) in [5, 5.41) is 8.48. The Kier molecular flexibility index (Phi) is 3.75. The summed E-state index contributed by atoms with van der Waals surface area (Å²) in [6.45, 7) is 3.81. The SMILES string of the molecule is CC=C(C)Oc1cccc([CH]C#N)c1. The summed E-state index contributed by atoms with van der Waals surface area (Å²) in [4.78, 5) is 0. The van der Waals surface area contributed by atoms with Gasteiger partial charge in [0.05, 0.1) is 18.2 Å². The molecule has 0 amide bonds. The van der Waals surface area contributed by atoms with Crippen molar-refractivity contribution in [3.8, 4) is 11.8 Å². The Hall–Kier alpha value is -1.75. The van der Waals surface area contributed by atoms with Crippen molar-refractivity contribution in [2.24, 2.45) is 0 Å². The lowest BCUT2D eigenvalue weighted by molar-refractivity contribution is 0.426. The quantitative estimate of drug-likeness (QED) is 0.679. The Morgan fingerprint density at radius 1 is 1.50 bits per heavy atom. The summed E-state index contributed by atoms with van der Waals surface area (Å²) in [5.41, 5.74) is 0.855. The summed E-state index contributed by atoms with van der Waals surface area (Å²) in [5.74, 6) is 1.60. The Morgan fingerprint density at radius 2 is 2.29 bits per heavy atom. The molecule has 0 bridgehead atoms. The van der Waals surface area contributed by atoms with Gasteiger partial charge >= 0.3 is 0 Å². The van der Waals surface area contributed by atoms with Gasteiger partial charge in [-0.1, -0.05) is 12.1 Å². The van der Waals surface area contributed by atoms with E-state index in [0.29, 0.717) is 0 Å². The number of nitrogens with zero attached hydrogens (tertiary/aromatic N) is 1. The highest BCUT2D eigenvalue weighted by Crippen LogP contribution is 2.16. The molecule has 1 rings (SSSR count). The molecule has 0 saturated carbocycles. The molecule has 0 atom stereocenters. The first-order chi connectivity index (χ1) is 6.76. The minimum Gasteiger partial charge on any atom is -0.462 e. The van der Waals surface area contributed by atoms with Crippen LogP contribution in [0.3, 0.4) is 0 Å². The normalized spacial score (nSPS) is 10.8. The van der Waals surface area contributed by atoms with Crippen molar-refractivity contribution in [3.05, 3.63) is 48.1 Å². The molecule has 0 heterocycles. The van der Waals surface area contributed by atoms with Gasteiger partial charge in [0, 0.05) is 0 Å². The van der Waals surface area contributed by atoms with Crippen LogP contribution in [0.15, 0.2) is 36.1 Å². The fraction of sp³-hybridized carbons (Fsp3) is 0.167. The lowest BCUT2D eigenvalue weighted by Crippen LogP contribution is -1.90. The lowest BCUT2D eigenvalue weighted by Gasteiger charge is -2.05. The van der Waals surface area contributed by atoms with Crippen molar-refractivity contribution in [2.45, 2.75) is 13.8 Å². The van der Waals surface area contributed by atoms with E-state index in [9.17, 15) is 0 Å². The van der Waals surface area contributed by atoms with Crippen molar-refractivity contribution in [2.75, 3.05) is 0 Å². The van der Waals surface area contributed by atoms with Crippen LogP contribution in [0, 0.1) is 17.8 Å². The molecule has 0 aliphatic rings. The van der Waals surface area contributed by atoms with E-state index < -0.39 is 0 Å². The summed E-state index contributed by atoms with van der Waals surface area (Å²) in [7, 11) is 0. The molecule has 0 N–H and O–H groups in total. The van der Waals surface area contributed by atoms with Gasteiger partial charge in [0.15, 0.2) is 0 Å². The highest BCUT2D eigenvalue weighted by Gasteiger charge is 1.97. The maximum atomic E-state index is 8.48. The van der Waals surface area contributed by atoms with E-state index in [0.717, 1.165) is 17.1 Å². The van der Waals surface area contributed by atoms with Gasteiger partial charge < -0.3 is 4.74 Å². The van der Waals surface area contributed by atoms with Crippen LogP contribution in [-0.2, 0) is 0 Å². The maximum Gasteiger partial charge on any atom is 0.127 e. The van der Waals surface area contributed by atoms with Crippen LogP contribution in [0.25, 0.3) is 0 Å². The molecule has 0 saturated heterocycles. The van der Waals surface area contributed by atoms with E-state index in [4.69, 9.17) is 10.00 Å². The van der Waals surface area contributed by atoms with Crippen molar-refractivity contribution in [3.63, 3.8) is 0 Å². The average molecular weight is 186 g/mol. The topological polar surface area (TPSA) is 33.0 Å². The molecule has 1 radical (unpaired) electrons. The molecule has 71 valence electrons. The van der Waals surface area contributed by atoms with E-state index >= 15 is 0 Å². The summed E-state index contributed by atoms with van der Waals surface area (Å²) < 4.78 is 5.48. The van der Waals surface area contributed by atoms with Gasteiger partial charge in [-0.05, 0) is 37.6 Å². The van der Waals surface area contributed by atoms with Gasteiger partial charge in [0.25, 0.3) is 0 Å². The van der Waals surface area contributed by atoms with Crippen molar-refractivity contribution >= 4 is 0 Å². The number of rotatable bonds is 3. The first-order valence-electron chi connectivity index (χ1n) is 4.40. The number of nitriles is 1. The zero-order valence-corrected chi connectivity index (χ0v) is 8.32. The van der Waals surface area contributed by atoms with Gasteiger partial charge in [-0.3, -0.25) is 0 Å². The van der Waals surface area contributed by atoms with Crippen LogP contribution in [0.4, 0.5) is 0 Å². The second kappa shape index (κ2) is 5.08. The standard InChI is InChI=1S/C12H12NO/c1-3-10(2)14-12-6-4-5-11(9-12)7-8-13/h3-7,9H,1-2H3. The Morgan fingerprint density at radius 3 is 2.93 bits per heavy atom. The van der Waals surface area contributed by atoms with E-state index in [2.05, 4.69) is 0 Å². The number of allylic oxidation sites excluding steroid dienone is 2. The van der Waals surface area contributed by atoms with Gasteiger partial charge in [-0.15, -0.1) is 0 Å². The third kappa shape index (κ3) is 2.95. The van der Waals surface area contributed by atoms with Crippen molar-refractivity contribution in [1.29, 1.82) is 5.26 Å². The van der Waals surface area contributed by atoms with Crippen molar-refractivity contribution in [1.82, 2.24) is 0 Å². The molecule has 0 aromatic heterocycles. The predicted molar refractivity (Wildman–Crippen MR) is 55.5 cm³/mol. The molecule has 2 heteroatoms. The zero-order valence-electron chi connectivity index (χ0n) is 8.32. The zero-order chi connectivity index (χ0) is 10.4. The average Bonchev–Trinajstić information content (AvgIpc) is 2.19. The summed E-state index contributed by atoms with van der Waals surface area (Å²) in [6.07, 6.45) is 3.37. The number of hydrogen-bond donors (Lipinski definition) is 0. The smallest absolute Gasteiger partial charge is 0.127 e. The molecule has 0 spiro atoms. The van der Waals surface area contributed by atoms with E-state index in [-0.39, 0.29) is 0 Å². The third-order valence-corrected chi connectivity index (χ3v) is 1.77. The molecule has 1 aromatic rings. The largest absolute Gasteiger partial charge is 0.462 e. The first-order valence-corrected chi connectivity index (χ1v) is 4.40. The second-order valence-corrected chi connectivity index (χ2v) is 2.85. The second-order valence-electron chi connectivity index (χ2n) is 2.85. The third-order valence-electron chi connectivity index (χ3n) is 1.77. The monoisotopic (exact) mass is 186 g/mol.